The van der Waals surface area contributed by atoms with E-state index in [1.165, 1.54) is 44.5 Å². The van der Waals surface area contributed by atoms with Gasteiger partial charge in [-0.2, -0.15) is 0 Å². The lowest BCUT2D eigenvalue weighted by Crippen LogP contribution is -2.33. The molecule has 18 bridgehead atoms. The standard InChI is InChI=1S/C46H37N6S2/c1-5-35-6-2-33(1)29-49-21-13-39(14-22-49)37-9-11-38(12-10-37)40-15-23-50(24-16-40)30-34-3-7-36(8-4-34)32-52-27-19-42(20-28-52)44-48-46-45(54-44)47-43(53-46)41-17-25-51(31-35)26-18-41/h1-28,41H,29-32H2/q+3. The van der Waals surface area contributed by atoms with Crippen molar-refractivity contribution in [3.8, 4) is 32.8 Å². The topological polar surface area (TPSA) is 40.7 Å². The third kappa shape index (κ3) is 6.89. The maximum absolute atomic E-state index is 5.01. The molecule has 8 aromatic rings. The van der Waals surface area contributed by atoms with Crippen LogP contribution in [0, 0.1) is 0 Å². The number of benzene rings is 3. The Balaban J connectivity index is 0.914. The predicted octanol–water partition coefficient (Wildman–Crippen LogP) is 8.70. The van der Waals surface area contributed by atoms with E-state index in [1.54, 1.807) is 22.7 Å². The normalized spacial score (nSPS) is 14.1. The summed E-state index contributed by atoms with van der Waals surface area (Å²) in [4.78, 5) is 14.2. The van der Waals surface area contributed by atoms with E-state index in [2.05, 4.69) is 190 Å². The van der Waals surface area contributed by atoms with E-state index in [0.29, 0.717) is 0 Å². The first kappa shape index (κ1) is 32.6. The highest BCUT2D eigenvalue weighted by Gasteiger charge is 2.19. The molecular formula is C46H37N6S2+3. The molecule has 23 aliphatic rings. The Morgan fingerprint density at radius 2 is 0.852 bits per heavy atom. The second-order valence-corrected chi connectivity index (χ2v) is 16.0. The highest BCUT2D eigenvalue weighted by molar-refractivity contribution is 7.28. The van der Waals surface area contributed by atoms with Gasteiger partial charge in [0.15, 0.2) is 66.5 Å². The van der Waals surface area contributed by atoms with Gasteiger partial charge in [-0.15, -0.1) is 0 Å². The average Bonchev–Trinajstić information content (AvgIpc) is 3.81. The summed E-state index contributed by atoms with van der Waals surface area (Å²) in [6, 6.07) is 39.9. The van der Waals surface area contributed by atoms with Gasteiger partial charge in [-0.1, -0.05) is 108 Å². The molecule has 0 atom stereocenters. The van der Waals surface area contributed by atoms with Crippen LogP contribution >= 0.6 is 22.7 Å². The molecule has 0 saturated carbocycles. The quantitative estimate of drug-likeness (QED) is 0.146. The first-order valence-electron chi connectivity index (χ1n) is 18.3. The van der Waals surface area contributed by atoms with E-state index in [-0.39, 0.29) is 5.92 Å². The summed E-state index contributed by atoms with van der Waals surface area (Å²) in [7, 11) is 0. The fourth-order valence-corrected chi connectivity index (χ4v) is 9.24. The molecule has 3 aromatic carbocycles. The number of rotatable bonds is 0. The van der Waals surface area contributed by atoms with Crippen molar-refractivity contribution in [2.24, 2.45) is 0 Å². The number of nitrogens with zero attached hydrogens (tertiary/aromatic N) is 6. The fourth-order valence-electron chi connectivity index (χ4n) is 7.13. The Labute approximate surface area is 322 Å². The number of allylic oxidation sites excluding steroid dienone is 2. The van der Waals surface area contributed by atoms with Crippen molar-refractivity contribution in [3.05, 3.63) is 198 Å². The Hall–Kier alpha value is -6.09. The first-order valence-corrected chi connectivity index (χ1v) is 19.9. The van der Waals surface area contributed by atoms with Crippen LogP contribution in [-0.4, -0.2) is 14.9 Å². The molecule has 31 rings (SSSR count). The molecule has 0 N–H and O–H groups in total. The number of hydrogen-bond acceptors (Lipinski definition) is 5. The third-order valence-electron chi connectivity index (χ3n) is 10.2. The molecule has 260 valence electrons. The molecular weight excluding hydrogens is 701 g/mol. The zero-order valence-corrected chi connectivity index (χ0v) is 31.2. The highest BCUT2D eigenvalue weighted by Crippen LogP contribution is 2.36. The summed E-state index contributed by atoms with van der Waals surface area (Å²) < 4.78 is 6.69. The average molecular weight is 738 g/mol. The van der Waals surface area contributed by atoms with Crippen LogP contribution in [0.15, 0.2) is 171 Å². The monoisotopic (exact) mass is 737 g/mol. The summed E-state index contributed by atoms with van der Waals surface area (Å²) in [6.07, 6.45) is 21.8. The van der Waals surface area contributed by atoms with Crippen molar-refractivity contribution in [1.29, 1.82) is 0 Å². The predicted molar refractivity (Wildman–Crippen MR) is 215 cm³/mol. The molecule has 54 heavy (non-hydrogen) atoms. The zero-order chi connectivity index (χ0) is 35.8. The summed E-state index contributed by atoms with van der Waals surface area (Å²) in [6.45, 7) is 3.30. The molecule has 6 nitrogen and oxygen atoms in total. The van der Waals surface area contributed by atoms with E-state index in [9.17, 15) is 0 Å². The molecule has 0 radical (unpaired) electrons. The summed E-state index contributed by atoms with van der Waals surface area (Å²) in [5, 5.41) is 2.10. The van der Waals surface area contributed by atoms with Gasteiger partial charge in [-0.05, 0) is 27.8 Å². The van der Waals surface area contributed by atoms with Crippen LogP contribution in [0.2, 0.25) is 0 Å². The van der Waals surface area contributed by atoms with Gasteiger partial charge in [-0.3, -0.25) is 0 Å². The van der Waals surface area contributed by atoms with Gasteiger partial charge in [0.2, 0.25) is 0 Å². The van der Waals surface area contributed by atoms with Crippen molar-refractivity contribution in [3.63, 3.8) is 0 Å². The maximum Gasteiger partial charge on any atom is 0.173 e. The van der Waals surface area contributed by atoms with Crippen molar-refractivity contribution in [2.75, 3.05) is 0 Å². The smallest absolute Gasteiger partial charge is 0.173 e. The lowest BCUT2D eigenvalue weighted by Gasteiger charge is -2.21. The summed E-state index contributed by atoms with van der Waals surface area (Å²) in [5.74, 6) is 0.160. The van der Waals surface area contributed by atoms with Crippen LogP contribution in [0.25, 0.3) is 42.5 Å². The van der Waals surface area contributed by atoms with E-state index >= 15 is 0 Å². The molecule has 5 aromatic heterocycles. The largest absolute Gasteiger partial charge is 0.350 e. The number of pyridine rings is 3. The van der Waals surface area contributed by atoms with Gasteiger partial charge in [0.25, 0.3) is 0 Å². The molecule has 23 aliphatic heterocycles. The molecule has 0 spiro atoms. The zero-order valence-electron chi connectivity index (χ0n) is 29.6. The van der Waals surface area contributed by atoms with E-state index in [4.69, 9.17) is 9.97 Å². The van der Waals surface area contributed by atoms with Crippen molar-refractivity contribution >= 4 is 32.3 Å². The Kier molecular flexibility index (Phi) is 8.47. The second-order valence-electron chi connectivity index (χ2n) is 14.1. The maximum atomic E-state index is 5.01. The van der Waals surface area contributed by atoms with Crippen molar-refractivity contribution < 1.29 is 13.7 Å². The van der Waals surface area contributed by atoms with Gasteiger partial charge in [0, 0.05) is 77.6 Å². The minimum absolute atomic E-state index is 0.160. The van der Waals surface area contributed by atoms with Crippen molar-refractivity contribution in [2.45, 2.75) is 32.1 Å². The summed E-state index contributed by atoms with van der Waals surface area (Å²) >= 11 is 3.36. The first-order chi connectivity index (χ1) is 26.6. The lowest BCUT2D eigenvalue weighted by atomic mass is 10.0. The van der Waals surface area contributed by atoms with Crippen LogP contribution < -0.4 is 13.7 Å². The van der Waals surface area contributed by atoms with E-state index < -0.39 is 0 Å². The van der Waals surface area contributed by atoms with Crippen LogP contribution in [0.5, 0.6) is 0 Å². The Morgan fingerprint density at radius 3 is 1.31 bits per heavy atom. The third-order valence-corrected chi connectivity index (χ3v) is 12.4. The molecule has 0 saturated heterocycles. The minimum atomic E-state index is 0.160. The second kappa shape index (κ2) is 14.0. The summed E-state index contributed by atoms with van der Waals surface area (Å²) in [5.41, 5.74) is 11.1. The van der Waals surface area contributed by atoms with Crippen LogP contribution in [0.1, 0.15) is 33.2 Å². The number of aromatic nitrogens is 5. The Bertz CT molecular complexity index is 2580. The SMILES string of the molecule is C1=CN2C=CC1c1nc3sc(nc3s1)-c1cc[n+](cc1)Cc1ccc(cc1)C[n+]1ccc(cc1)-c1ccc(cc1)-c1cc[n+](cc1)Cc1ccc(cc1)C2. The molecule has 8 heteroatoms. The van der Waals surface area contributed by atoms with Crippen LogP contribution in [0.3, 0.4) is 0 Å². The highest BCUT2D eigenvalue weighted by atomic mass is 32.1. The molecule has 0 unspecified atom stereocenters. The lowest BCUT2D eigenvalue weighted by molar-refractivity contribution is -0.688. The van der Waals surface area contributed by atoms with Gasteiger partial charge in [0.05, 0.1) is 5.92 Å². The van der Waals surface area contributed by atoms with E-state index in [0.717, 1.165) is 51.4 Å². The molecule has 0 fully saturated rings. The van der Waals surface area contributed by atoms with Crippen LogP contribution in [0.4, 0.5) is 0 Å². The number of thiazole rings is 2. The van der Waals surface area contributed by atoms with Gasteiger partial charge in [0.1, 0.15) is 10.0 Å². The Morgan fingerprint density at radius 1 is 0.444 bits per heavy atom. The van der Waals surface area contributed by atoms with Crippen LogP contribution in [-0.2, 0) is 26.2 Å². The molecule has 0 aliphatic carbocycles. The molecule has 0 amide bonds. The fraction of sp³-hybridized carbons (Fsp3) is 0.109. The van der Waals surface area contributed by atoms with Gasteiger partial charge >= 0.3 is 0 Å². The number of hydrogen-bond donors (Lipinski definition) is 0. The molecule has 28 heterocycles. The van der Waals surface area contributed by atoms with Gasteiger partial charge < -0.3 is 4.90 Å². The minimum Gasteiger partial charge on any atom is -0.350 e. The van der Waals surface area contributed by atoms with E-state index in [1.807, 2.05) is 0 Å². The van der Waals surface area contributed by atoms with Gasteiger partial charge in [-0.25, -0.2) is 23.7 Å². The van der Waals surface area contributed by atoms with Crippen molar-refractivity contribution in [1.82, 2.24) is 14.9 Å².